The van der Waals surface area contributed by atoms with Gasteiger partial charge in [-0.2, -0.15) is 0 Å². The molecular weight excluding hydrogens is 216 g/mol. The Morgan fingerprint density at radius 2 is 2.12 bits per heavy atom. The molecule has 0 bridgehead atoms. The molecule has 17 heavy (non-hydrogen) atoms. The van der Waals surface area contributed by atoms with Gasteiger partial charge < -0.3 is 10.2 Å². The van der Waals surface area contributed by atoms with E-state index in [1.807, 2.05) is 25.7 Å². The molecule has 0 aromatic rings. The van der Waals surface area contributed by atoms with Crippen molar-refractivity contribution in [3.05, 3.63) is 0 Å². The normalized spacial score (nSPS) is 20.8. The van der Waals surface area contributed by atoms with Crippen molar-refractivity contribution in [2.24, 2.45) is 0 Å². The highest BCUT2D eigenvalue weighted by Crippen LogP contribution is 2.21. The molecular formula is C13H24N2O2. The minimum absolute atomic E-state index is 0.00826. The van der Waals surface area contributed by atoms with Crippen molar-refractivity contribution in [1.29, 1.82) is 0 Å². The average molecular weight is 240 g/mol. The van der Waals surface area contributed by atoms with Crippen molar-refractivity contribution in [1.82, 2.24) is 10.2 Å². The molecule has 1 N–H and O–H groups in total. The van der Waals surface area contributed by atoms with E-state index >= 15 is 0 Å². The number of carbonyl (C=O) groups excluding carboxylic acids is 2. The van der Waals surface area contributed by atoms with Gasteiger partial charge in [0, 0.05) is 24.9 Å². The Bertz CT molecular complexity index is 294. The number of hydrogen-bond acceptors (Lipinski definition) is 2. The van der Waals surface area contributed by atoms with Crippen LogP contribution in [-0.4, -0.2) is 34.8 Å². The van der Waals surface area contributed by atoms with E-state index in [1.54, 1.807) is 0 Å². The van der Waals surface area contributed by atoms with Crippen LogP contribution in [0.15, 0.2) is 0 Å². The van der Waals surface area contributed by atoms with Gasteiger partial charge in [-0.25, -0.2) is 0 Å². The molecule has 0 spiro atoms. The zero-order valence-corrected chi connectivity index (χ0v) is 11.4. The first kappa shape index (κ1) is 14.0. The van der Waals surface area contributed by atoms with Crippen molar-refractivity contribution in [2.45, 2.75) is 65.0 Å². The zero-order valence-electron chi connectivity index (χ0n) is 11.4. The Hall–Kier alpha value is -1.06. The minimum Gasteiger partial charge on any atom is -0.351 e. The van der Waals surface area contributed by atoms with Gasteiger partial charge in [-0.3, -0.25) is 9.59 Å². The summed E-state index contributed by atoms with van der Waals surface area (Å²) >= 11 is 0. The van der Waals surface area contributed by atoms with Gasteiger partial charge in [0.25, 0.3) is 0 Å². The molecule has 1 saturated heterocycles. The average Bonchev–Trinajstić information content (AvgIpc) is 2.56. The maximum atomic E-state index is 11.8. The van der Waals surface area contributed by atoms with E-state index in [0.717, 1.165) is 12.8 Å². The van der Waals surface area contributed by atoms with Gasteiger partial charge in [0.2, 0.25) is 11.8 Å². The van der Waals surface area contributed by atoms with Gasteiger partial charge in [0.15, 0.2) is 0 Å². The summed E-state index contributed by atoms with van der Waals surface area (Å²) in [7, 11) is 0. The fraction of sp³-hybridized carbons (Fsp3) is 0.846. The summed E-state index contributed by atoms with van der Waals surface area (Å²) < 4.78 is 0. The molecule has 2 amide bonds. The molecule has 1 unspecified atom stereocenters. The predicted molar refractivity (Wildman–Crippen MR) is 67.5 cm³/mol. The van der Waals surface area contributed by atoms with Crippen LogP contribution in [0, 0.1) is 0 Å². The highest BCUT2D eigenvalue weighted by Gasteiger charge is 2.36. The van der Waals surface area contributed by atoms with Gasteiger partial charge in [-0.15, -0.1) is 0 Å². The lowest BCUT2D eigenvalue weighted by Crippen LogP contribution is -2.44. The van der Waals surface area contributed by atoms with Crippen molar-refractivity contribution >= 4 is 11.8 Å². The van der Waals surface area contributed by atoms with Gasteiger partial charge in [-0.05, 0) is 27.2 Å². The fourth-order valence-corrected chi connectivity index (χ4v) is 2.09. The van der Waals surface area contributed by atoms with E-state index < -0.39 is 0 Å². The molecule has 1 aliphatic rings. The maximum Gasteiger partial charge on any atom is 0.225 e. The second-order valence-electron chi connectivity index (χ2n) is 5.75. The van der Waals surface area contributed by atoms with Crippen LogP contribution in [-0.2, 0) is 9.59 Å². The number of nitrogens with zero attached hydrogens (tertiary/aromatic N) is 1. The Labute approximate surface area is 104 Å². The number of amides is 2. The third-order valence-electron chi connectivity index (χ3n) is 3.06. The molecule has 98 valence electrons. The smallest absolute Gasteiger partial charge is 0.225 e. The first-order valence-corrected chi connectivity index (χ1v) is 6.44. The molecule has 1 heterocycles. The van der Waals surface area contributed by atoms with Crippen molar-refractivity contribution in [3.8, 4) is 0 Å². The Kier molecular flexibility index (Phi) is 4.54. The van der Waals surface area contributed by atoms with Crippen LogP contribution in [0.5, 0.6) is 0 Å². The molecule has 0 aromatic heterocycles. The molecule has 4 heteroatoms. The Morgan fingerprint density at radius 1 is 1.47 bits per heavy atom. The van der Waals surface area contributed by atoms with Crippen LogP contribution in [0.1, 0.15) is 53.4 Å². The molecule has 1 aliphatic heterocycles. The molecule has 1 atom stereocenters. The van der Waals surface area contributed by atoms with Crippen LogP contribution in [0.3, 0.4) is 0 Å². The first-order chi connectivity index (χ1) is 7.84. The standard InChI is InChI=1S/C13H24N2O2/c1-5-6-7-11(16)14-10-8-12(17)15(9-10)13(2,3)4/h10H,5-9H2,1-4H3,(H,14,16). The van der Waals surface area contributed by atoms with Crippen molar-refractivity contribution in [3.63, 3.8) is 0 Å². The summed E-state index contributed by atoms with van der Waals surface area (Å²) in [6.45, 7) is 8.76. The Balaban J connectivity index is 2.44. The summed E-state index contributed by atoms with van der Waals surface area (Å²) in [4.78, 5) is 25.2. The second kappa shape index (κ2) is 5.52. The highest BCUT2D eigenvalue weighted by molar-refractivity contribution is 5.82. The van der Waals surface area contributed by atoms with Crippen LogP contribution in [0.25, 0.3) is 0 Å². The van der Waals surface area contributed by atoms with E-state index in [4.69, 9.17) is 0 Å². The SMILES string of the molecule is CCCCC(=O)NC1CC(=O)N(C(C)(C)C)C1. The van der Waals surface area contributed by atoms with Crippen molar-refractivity contribution < 1.29 is 9.59 Å². The second-order valence-corrected chi connectivity index (χ2v) is 5.75. The van der Waals surface area contributed by atoms with Crippen molar-refractivity contribution in [2.75, 3.05) is 6.54 Å². The van der Waals surface area contributed by atoms with Crippen LogP contribution in [0.4, 0.5) is 0 Å². The predicted octanol–water partition coefficient (Wildman–Crippen LogP) is 1.69. The van der Waals surface area contributed by atoms with Gasteiger partial charge in [-0.1, -0.05) is 13.3 Å². The fourth-order valence-electron chi connectivity index (χ4n) is 2.09. The lowest BCUT2D eigenvalue weighted by molar-refractivity contribution is -0.131. The monoisotopic (exact) mass is 240 g/mol. The molecule has 0 aromatic carbocycles. The van der Waals surface area contributed by atoms with Gasteiger partial charge in [0.05, 0.1) is 6.04 Å². The summed E-state index contributed by atoms with van der Waals surface area (Å²) in [6, 6.07) is -0.00826. The number of likely N-dealkylation sites (tertiary alicyclic amines) is 1. The van der Waals surface area contributed by atoms with Gasteiger partial charge >= 0.3 is 0 Å². The lowest BCUT2D eigenvalue weighted by Gasteiger charge is -2.32. The third kappa shape index (κ3) is 4.02. The molecule has 0 aliphatic carbocycles. The summed E-state index contributed by atoms with van der Waals surface area (Å²) in [6.07, 6.45) is 2.94. The quantitative estimate of drug-likeness (QED) is 0.813. The minimum atomic E-state index is -0.153. The summed E-state index contributed by atoms with van der Waals surface area (Å²) in [5.41, 5.74) is -0.153. The van der Waals surface area contributed by atoms with E-state index in [2.05, 4.69) is 12.2 Å². The molecule has 1 fully saturated rings. The van der Waals surface area contributed by atoms with E-state index in [-0.39, 0.29) is 23.4 Å². The molecule has 1 rings (SSSR count). The maximum absolute atomic E-state index is 11.8. The molecule has 0 saturated carbocycles. The number of hydrogen-bond donors (Lipinski definition) is 1. The van der Waals surface area contributed by atoms with E-state index in [1.165, 1.54) is 0 Å². The third-order valence-corrected chi connectivity index (χ3v) is 3.06. The zero-order chi connectivity index (χ0) is 13.1. The summed E-state index contributed by atoms with van der Waals surface area (Å²) in [5, 5.41) is 2.94. The largest absolute Gasteiger partial charge is 0.351 e. The van der Waals surface area contributed by atoms with Crippen LogP contribution >= 0.6 is 0 Å². The van der Waals surface area contributed by atoms with E-state index in [0.29, 0.717) is 19.4 Å². The van der Waals surface area contributed by atoms with Crippen LogP contribution in [0.2, 0.25) is 0 Å². The first-order valence-electron chi connectivity index (χ1n) is 6.44. The topological polar surface area (TPSA) is 49.4 Å². The van der Waals surface area contributed by atoms with E-state index in [9.17, 15) is 9.59 Å². The number of carbonyl (C=O) groups is 2. The highest BCUT2D eigenvalue weighted by atomic mass is 16.2. The summed E-state index contributed by atoms with van der Waals surface area (Å²) in [5.74, 6) is 0.207. The van der Waals surface area contributed by atoms with Crippen LogP contribution < -0.4 is 5.32 Å². The van der Waals surface area contributed by atoms with Gasteiger partial charge in [0.1, 0.15) is 0 Å². The molecule has 4 nitrogen and oxygen atoms in total. The number of rotatable bonds is 4. The Morgan fingerprint density at radius 3 is 2.59 bits per heavy atom. The molecule has 0 radical (unpaired) electrons. The number of unbranched alkanes of at least 4 members (excludes halogenated alkanes) is 1. The number of nitrogens with one attached hydrogen (secondary N) is 1. The lowest BCUT2D eigenvalue weighted by atomic mass is 10.1.